The Kier molecular flexibility index (Phi) is 4.96. The highest BCUT2D eigenvalue weighted by Crippen LogP contribution is 2.19. The minimum Gasteiger partial charge on any atom is -0.496 e. The summed E-state index contributed by atoms with van der Waals surface area (Å²) in [5.41, 5.74) is -0.0261. The highest BCUT2D eigenvalue weighted by Gasteiger charge is 2.14. The van der Waals surface area contributed by atoms with E-state index in [1.807, 2.05) is 0 Å². The predicted molar refractivity (Wildman–Crippen MR) is 54.1 cm³/mol. The van der Waals surface area contributed by atoms with Crippen LogP contribution in [0.2, 0.25) is 0 Å². The molecule has 0 heterocycles. The van der Waals surface area contributed by atoms with Crippen molar-refractivity contribution in [2.45, 2.75) is 6.43 Å². The second kappa shape index (κ2) is 6.24. The summed E-state index contributed by atoms with van der Waals surface area (Å²) in [5.74, 6) is -1.04. The summed E-state index contributed by atoms with van der Waals surface area (Å²) in [7, 11) is 1.32. The molecule has 0 saturated carbocycles. The smallest absolute Gasteiger partial charge is 0.261 e. The summed E-state index contributed by atoms with van der Waals surface area (Å²) in [6.07, 6.45) is -2.64. The molecule has 0 aliphatic carbocycles. The van der Waals surface area contributed by atoms with Crippen LogP contribution >= 0.6 is 0 Å². The molecule has 3 nitrogen and oxygen atoms in total. The van der Waals surface area contributed by atoms with Crippen molar-refractivity contribution in [3.8, 4) is 5.75 Å². The van der Waals surface area contributed by atoms with Gasteiger partial charge in [0.1, 0.15) is 24.8 Å². The molecule has 0 spiro atoms. The molecule has 0 aliphatic heterocycles. The molecule has 0 aliphatic rings. The van der Waals surface area contributed by atoms with Crippen LogP contribution in [0.15, 0.2) is 18.2 Å². The Bertz CT molecular complexity index is 394. The van der Waals surface area contributed by atoms with Crippen molar-refractivity contribution in [1.82, 2.24) is 0 Å². The fourth-order valence-electron chi connectivity index (χ4n) is 1.22. The van der Waals surface area contributed by atoms with Gasteiger partial charge in [-0.05, 0) is 18.2 Å². The molecule has 0 aromatic heterocycles. The van der Waals surface area contributed by atoms with Crippen molar-refractivity contribution >= 4 is 5.78 Å². The van der Waals surface area contributed by atoms with Gasteiger partial charge in [-0.1, -0.05) is 0 Å². The largest absolute Gasteiger partial charge is 0.496 e. The fraction of sp³-hybridized carbons (Fsp3) is 0.364. The minimum atomic E-state index is -2.64. The van der Waals surface area contributed by atoms with Crippen LogP contribution in [-0.4, -0.2) is 32.5 Å². The third-order valence-electron chi connectivity index (χ3n) is 1.94. The van der Waals surface area contributed by atoms with Crippen molar-refractivity contribution in [3.63, 3.8) is 0 Å². The van der Waals surface area contributed by atoms with E-state index in [0.717, 1.165) is 12.1 Å². The molecule has 0 radical (unpaired) electrons. The molecule has 0 saturated heterocycles. The second-order valence-electron chi connectivity index (χ2n) is 3.17. The zero-order valence-corrected chi connectivity index (χ0v) is 9.08. The van der Waals surface area contributed by atoms with Gasteiger partial charge in [-0.3, -0.25) is 4.79 Å². The lowest BCUT2D eigenvalue weighted by Gasteiger charge is -2.08. The number of ketones is 1. The number of carbonyl (C=O) groups is 1. The molecule has 0 amide bonds. The molecule has 1 aromatic rings. The lowest BCUT2D eigenvalue weighted by molar-refractivity contribution is 0.0195. The van der Waals surface area contributed by atoms with Gasteiger partial charge in [-0.2, -0.15) is 0 Å². The number of carbonyl (C=O) groups excluding carboxylic acids is 1. The minimum absolute atomic E-state index is 0.0261. The maximum Gasteiger partial charge on any atom is 0.261 e. The molecule has 0 fully saturated rings. The number of Topliss-reactive ketones (excluding diaryl/α,β-unsaturated/α-hetero) is 1. The molecule has 1 rings (SSSR count). The Hall–Kier alpha value is -1.56. The summed E-state index contributed by atoms with van der Waals surface area (Å²) >= 11 is 0. The third-order valence-corrected chi connectivity index (χ3v) is 1.94. The Morgan fingerprint density at radius 2 is 2.12 bits per heavy atom. The van der Waals surface area contributed by atoms with Gasteiger partial charge in [-0.25, -0.2) is 13.2 Å². The highest BCUT2D eigenvalue weighted by atomic mass is 19.3. The van der Waals surface area contributed by atoms with Gasteiger partial charge < -0.3 is 9.47 Å². The third kappa shape index (κ3) is 4.07. The lowest BCUT2D eigenvalue weighted by Crippen LogP contribution is -2.14. The molecule has 0 N–H and O–H groups in total. The number of hydrogen-bond acceptors (Lipinski definition) is 3. The van der Waals surface area contributed by atoms with Crippen molar-refractivity contribution in [2.75, 3.05) is 20.3 Å². The monoisotopic (exact) mass is 248 g/mol. The molecule has 6 heteroatoms. The summed E-state index contributed by atoms with van der Waals surface area (Å²) in [5, 5.41) is 0. The van der Waals surface area contributed by atoms with E-state index in [-0.39, 0.29) is 11.3 Å². The first-order valence-corrected chi connectivity index (χ1v) is 4.77. The van der Waals surface area contributed by atoms with Crippen molar-refractivity contribution in [2.24, 2.45) is 0 Å². The van der Waals surface area contributed by atoms with Crippen molar-refractivity contribution in [1.29, 1.82) is 0 Å². The maximum absolute atomic E-state index is 12.9. The van der Waals surface area contributed by atoms with E-state index in [1.54, 1.807) is 0 Å². The molecule has 1 aromatic carbocycles. The van der Waals surface area contributed by atoms with Crippen LogP contribution in [0.1, 0.15) is 10.4 Å². The number of alkyl halides is 2. The van der Waals surface area contributed by atoms with Crippen LogP contribution in [0.25, 0.3) is 0 Å². The van der Waals surface area contributed by atoms with Gasteiger partial charge in [0.2, 0.25) is 0 Å². The predicted octanol–water partition coefficient (Wildman–Crippen LogP) is 2.30. The van der Waals surface area contributed by atoms with E-state index in [1.165, 1.54) is 13.2 Å². The Morgan fingerprint density at radius 1 is 1.41 bits per heavy atom. The van der Waals surface area contributed by atoms with Crippen LogP contribution in [-0.2, 0) is 4.74 Å². The van der Waals surface area contributed by atoms with Crippen LogP contribution < -0.4 is 4.74 Å². The van der Waals surface area contributed by atoms with Crippen LogP contribution in [0, 0.1) is 5.82 Å². The number of methoxy groups -OCH3 is 1. The first-order chi connectivity index (χ1) is 8.04. The van der Waals surface area contributed by atoms with Crippen LogP contribution in [0.5, 0.6) is 5.75 Å². The number of benzene rings is 1. The molecule has 94 valence electrons. The zero-order chi connectivity index (χ0) is 12.8. The van der Waals surface area contributed by atoms with E-state index >= 15 is 0 Å². The molecule has 0 atom stereocenters. The fourth-order valence-corrected chi connectivity index (χ4v) is 1.22. The number of halogens is 3. The van der Waals surface area contributed by atoms with Gasteiger partial charge in [-0.15, -0.1) is 0 Å². The SMILES string of the molecule is COc1ccc(F)cc1C(=O)COCC(F)F. The number of hydrogen-bond donors (Lipinski definition) is 0. The molecule has 0 unspecified atom stereocenters. The van der Waals surface area contributed by atoms with E-state index in [9.17, 15) is 18.0 Å². The van der Waals surface area contributed by atoms with Gasteiger partial charge in [0.05, 0.1) is 12.7 Å². The topological polar surface area (TPSA) is 35.5 Å². The summed E-state index contributed by atoms with van der Waals surface area (Å²) in [4.78, 5) is 11.5. The molecule has 0 bridgehead atoms. The summed E-state index contributed by atoms with van der Waals surface area (Å²) in [6.45, 7) is -1.37. The standard InChI is InChI=1S/C11H11F3O3/c1-16-10-3-2-7(12)4-8(10)9(15)5-17-6-11(13)14/h2-4,11H,5-6H2,1H3. The van der Waals surface area contributed by atoms with E-state index < -0.39 is 31.2 Å². The summed E-state index contributed by atoms with van der Waals surface area (Å²) in [6, 6.07) is 3.40. The van der Waals surface area contributed by atoms with Crippen LogP contribution in [0.4, 0.5) is 13.2 Å². The lowest BCUT2D eigenvalue weighted by atomic mass is 10.1. The van der Waals surface area contributed by atoms with Crippen molar-refractivity contribution < 1.29 is 27.4 Å². The molecular weight excluding hydrogens is 237 g/mol. The van der Waals surface area contributed by atoms with E-state index in [0.29, 0.717) is 0 Å². The van der Waals surface area contributed by atoms with E-state index in [4.69, 9.17) is 4.74 Å². The van der Waals surface area contributed by atoms with Gasteiger partial charge in [0.25, 0.3) is 6.43 Å². The van der Waals surface area contributed by atoms with Crippen LogP contribution in [0.3, 0.4) is 0 Å². The average Bonchev–Trinajstić information content (AvgIpc) is 2.28. The summed E-state index contributed by atoms with van der Waals surface area (Å²) < 4.78 is 45.8. The first kappa shape index (κ1) is 13.5. The average molecular weight is 248 g/mol. The quantitative estimate of drug-likeness (QED) is 0.724. The Balaban J connectivity index is 2.70. The van der Waals surface area contributed by atoms with Crippen molar-refractivity contribution in [3.05, 3.63) is 29.6 Å². The highest BCUT2D eigenvalue weighted by molar-refractivity contribution is 5.99. The number of rotatable bonds is 6. The normalized spacial score (nSPS) is 10.6. The van der Waals surface area contributed by atoms with E-state index in [2.05, 4.69) is 4.74 Å². The van der Waals surface area contributed by atoms with Gasteiger partial charge in [0.15, 0.2) is 5.78 Å². The van der Waals surface area contributed by atoms with Gasteiger partial charge >= 0.3 is 0 Å². The molecule has 17 heavy (non-hydrogen) atoms. The Morgan fingerprint density at radius 3 is 2.71 bits per heavy atom. The van der Waals surface area contributed by atoms with Gasteiger partial charge in [0, 0.05) is 0 Å². The molecular formula is C11H11F3O3. The first-order valence-electron chi connectivity index (χ1n) is 4.77. The zero-order valence-electron chi connectivity index (χ0n) is 9.08. The second-order valence-corrected chi connectivity index (χ2v) is 3.17. The Labute approximate surface area is 96.1 Å². The number of ether oxygens (including phenoxy) is 2. The maximum atomic E-state index is 12.9.